The van der Waals surface area contributed by atoms with Crippen molar-refractivity contribution in [1.29, 1.82) is 0 Å². The first kappa shape index (κ1) is 13.4. The predicted molar refractivity (Wildman–Crippen MR) is 73.9 cm³/mol. The second-order valence-corrected chi connectivity index (χ2v) is 5.37. The molecule has 1 aliphatic rings. The molecule has 3 rings (SSSR count). The lowest BCUT2D eigenvalue weighted by Crippen LogP contribution is -2.32. The van der Waals surface area contributed by atoms with E-state index in [9.17, 15) is 0 Å². The number of rotatable bonds is 6. The molecule has 0 spiro atoms. The summed E-state index contributed by atoms with van der Waals surface area (Å²) in [6, 6.07) is 4.55. The maximum absolute atomic E-state index is 5.65. The van der Waals surface area contributed by atoms with Crippen molar-refractivity contribution in [3.05, 3.63) is 35.9 Å². The van der Waals surface area contributed by atoms with Crippen LogP contribution < -0.4 is 0 Å². The van der Waals surface area contributed by atoms with Crippen LogP contribution in [0.2, 0.25) is 0 Å². The topological polar surface area (TPSA) is 55.3 Å². The Morgan fingerprint density at radius 3 is 2.65 bits per heavy atom. The number of furan rings is 1. The highest BCUT2D eigenvalue weighted by Gasteiger charge is 2.25. The monoisotopic (exact) mass is 275 g/mol. The largest absolute Gasteiger partial charge is 0.468 e. The molecule has 0 N–H and O–H groups in total. The van der Waals surface area contributed by atoms with Gasteiger partial charge in [-0.05, 0) is 25.0 Å². The number of nitrogens with zero attached hydrogens (tertiary/aromatic N) is 3. The van der Waals surface area contributed by atoms with Crippen LogP contribution in [0.1, 0.15) is 50.1 Å². The fraction of sp³-hybridized carbons (Fsp3) is 0.600. The van der Waals surface area contributed by atoms with E-state index < -0.39 is 0 Å². The summed E-state index contributed by atoms with van der Waals surface area (Å²) < 4.78 is 11.1. The first-order valence-corrected chi connectivity index (χ1v) is 7.43. The summed E-state index contributed by atoms with van der Waals surface area (Å²) in [5, 5.41) is 8.18. The molecule has 5 heteroatoms. The molecule has 1 fully saturated rings. The van der Waals surface area contributed by atoms with Gasteiger partial charge in [0.2, 0.25) is 11.8 Å². The molecule has 0 saturated heterocycles. The van der Waals surface area contributed by atoms with E-state index in [0.717, 1.165) is 18.7 Å². The smallest absolute Gasteiger partial charge is 0.230 e. The van der Waals surface area contributed by atoms with E-state index in [0.29, 0.717) is 24.4 Å². The van der Waals surface area contributed by atoms with Crippen molar-refractivity contribution in [2.24, 2.45) is 0 Å². The number of aromatic nitrogens is 2. The Balaban J connectivity index is 1.70. The Morgan fingerprint density at radius 2 is 2.00 bits per heavy atom. The minimum absolute atomic E-state index is 0.595. The highest BCUT2D eigenvalue weighted by Crippen LogP contribution is 2.26. The van der Waals surface area contributed by atoms with Crippen molar-refractivity contribution >= 4 is 0 Å². The Kier molecular flexibility index (Phi) is 4.16. The van der Waals surface area contributed by atoms with Gasteiger partial charge in [-0.1, -0.05) is 19.8 Å². The summed E-state index contributed by atoms with van der Waals surface area (Å²) in [7, 11) is 0. The summed E-state index contributed by atoms with van der Waals surface area (Å²) in [6.07, 6.45) is 7.62. The van der Waals surface area contributed by atoms with Crippen molar-refractivity contribution in [2.75, 3.05) is 0 Å². The second-order valence-electron chi connectivity index (χ2n) is 5.37. The maximum Gasteiger partial charge on any atom is 0.230 e. The lowest BCUT2D eigenvalue weighted by atomic mass is 10.2. The molecule has 2 aromatic rings. The minimum atomic E-state index is 0.595. The van der Waals surface area contributed by atoms with Crippen molar-refractivity contribution in [3.63, 3.8) is 0 Å². The Morgan fingerprint density at radius 1 is 1.20 bits per heavy atom. The highest BCUT2D eigenvalue weighted by atomic mass is 16.4. The van der Waals surface area contributed by atoms with Gasteiger partial charge in [0.15, 0.2) is 0 Å². The molecule has 5 nitrogen and oxygen atoms in total. The van der Waals surface area contributed by atoms with Crippen LogP contribution in [-0.4, -0.2) is 21.1 Å². The average Bonchev–Trinajstić information content (AvgIpc) is 3.21. The SMILES string of the molecule is CCc1nnc(CN(Cc2ccco2)C2CCCC2)o1. The summed E-state index contributed by atoms with van der Waals surface area (Å²) in [4.78, 5) is 2.40. The summed E-state index contributed by atoms with van der Waals surface area (Å²) in [6.45, 7) is 3.54. The summed E-state index contributed by atoms with van der Waals surface area (Å²) in [5.74, 6) is 2.41. The van der Waals surface area contributed by atoms with E-state index >= 15 is 0 Å². The molecule has 0 amide bonds. The lowest BCUT2D eigenvalue weighted by Gasteiger charge is -2.26. The van der Waals surface area contributed by atoms with Crippen molar-refractivity contribution < 1.29 is 8.83 Å². The Labute approximate surface area is 119 Å². The molecule has 0 bridgehead atoms. The summed E-state index contributed by atoms with van der Waals surface area (Å²) >= 11 is 0. The van der Waals surface area contributed by atoms with Gasteiger partial charge in [0.05, 0.1) is 19.4 Å². The molecule has 20 heavy (non-hydrogen) atoms. The van der Waals surface area contributed by atoms with Crippen LogP contribution in [0.25, 0.3) is 0 Å². The van der Waals surface area contributed by atoms with Crippen LogP contribution in [-0.2, 0) is 19.5 Å². The molecule has 0 aromatic carbocycles. The van der Waals surface area contributed by atoms with Gasteiger partial charge < -0.3 is 8.83 Å². The van der Waals surface area contributed by atoms with Gasteiger partial charge in [0.25, 0.3) is 0 Å². The molecule has 108 valence electrons. The Hall–Kier alpha value is -1.62. The van der Waals surface area contributed by atoms with Gasteiger partial charge in [-0.25, -0.2) is 0 Å². The van der Waals surface area contributed by atoms with Crippen molar-refractivity contribution in [2.45, 2.75) is 58.2 Å². The van der Waals surface area contributed by atoms with E-state index in [1.807, 2.05) is 19.1 Å². The van der Waals surface area contributed by atoms with Gasteiger partial charge in [-0.15, -0.1) is 10.2 Å². The molecule has 0 unspecified atom stereocenters. The number of hydrogen-bond donors (Lipinski definition) is 0. The normalized spacial score (nSPS) is 16.3. The molecule has 0 atom stereocenters. The second kappa shape index (κ2) is 6.22. The van der Waals surface area contributed by atoms with Gasteiger partial charge in [-0.2, -0.15) is 0 Å². The van der Waals surface area contributed by atoms with Crippen LogP contribution in [0.4, 0.5) is 0 Å². The van der Waals surface area contributed by atoms with Crippen LogP contribution in [0.3, 0.4) is 0 Å². The minimum Gasteiger partial charge on any atom is -0.468 e. The third-order valence-electron chi connectivity index (χ3n) is 3.93. The zero-order chi connectivity index (χ0) is 13.8. The predicted octanol–water partition coefficient (Wildman–Crippen LogP) is 3.17. The molecule has 1 aliphatic carbocycles. The first-order chi connectivity index (χ1) is 9.85. The molecule has 0 radical (unpaired) electrons. The van der Waals surface area contributed by atoms with Gasteiger partial charge in [-0.3, -0.25) is 4.90 Å². The van der Waals surface area contributed by atoms with E-state index in [-0.39, 0.29) is 0 Å². The van der Waals surface area contributed by atoms with E-state index in [4.69, 9.17) is 8.83 Å². The third-order valence-corrected chi connectivity index (χ3v) is 3.93. The molecule has 2 heterocycles. The first-order valence-electron chi connectivity index (χ1n) is 7.43. The van der Waals surface area contributed by atoms with Crippen molar-refractivity contribution in [1.82, 2.24) is 15.1 Å². The fourth-order valence-electron chi connectivity index (χ4n) is 2.86. The molecular formula is C15H21N3O2. The van der Waals surface area contributed by atoms with Crippen LogP contribution in [0, 0.1) is 0 Å². The molecule has 2 aromatic heterocycles. The Bertz CT molecular complexity index is 515. The van der Waals surface area contributed by atoms with Crippen LogP contribution in [0.15, 0.2) is 27.2 Å². The van der Waals surface area contributed by atoms with E-state index in [2.05, 4.69) is 15.1 Å². The van der Waals surface area contributed by atoms with E-state index in [1.54, 1.807) is 6.26 Å². The highest BCUT2D eigenvalue weighted by molar-refractivity contribution is 4.99. The lowest BCUT2D eigenvalue weighted by molar-refractivity contribution is 0.151. The van der Waals surface area contributed by atoms with Gasteiger partial charge in [0, 0.05) is 12.5 Å². The maximum atomic E-state index is 5.65. The van der Waals surface area contributed by atoms with E-state index in [1.165, 1.54) is 25.7 Å². The fourth-order valence-corrected chi connectivity index (χ4v) is 2.86. The van der Waals surface area contributed by atoms with Gasteiger partial charge in [0.1, 0.15) is 5.76 Å². The molecule has 1 saturated carbocycles. The zero-order valence-corrected chi connectivity index (χ0v) is 11.9. The van der Waals surface area contributed by atoms with Crippen molar-refractivity contribution in [3.8, 4) is 0 Å². The number of hydrogen-bond acceptors (Lipinski definition) is 5. The quantitative estimate of drug-likeness (QED) is 0.810. The molecular weight excluding hydrogens is 254 g/mol. The summed E-state index contributed by atoms with van der Waals surface area (Å²) in [5.41, 5.74) is 0. The third kappa shape index (κ3) is 3.10. The van der Waals surface area contributed by atoms with Crippen LogP contribution in [0.5, 0.6) is 0 Å². The molecule has 0 aliphatic heterocycles. The average molecular weight is 275 g/mol. The zero-order valence-electron chi connectivity index (χ0n) is 11.9. The van der Waals surface area contributed by atoms with Crippen LogP contribution >= 0.6 is 0 Å². The standard InChI is InChI=1S/C15H21N3O2/c1-2-14-16-17-15(20-14)11-18(12-6-3-4-7-12)10-13-8-5-9-19-13/h5,8-9,12H,2-4,6-7,10-11H2,1H3. The van der Waals surface area contributed by atoms with Gasteiger partial charge >= 0.3 is 0 Å². The number of aryl methyl sites for hydroxylation is 1.